The van der Waals surface area contributed by atoms with Gasteiger partial charge in [-0.3, -0.25) is 11.3 Å². The zero-order valence-electron chi connectivity index (χ0n) is 11.3. The van der Waals surface area contributed by atoms with E-state index in [4.69, 9.17) is 5.84 Å². The van der Waals surface area contributed by atoms with Crippen LogP contribution in [0.3, 0.4) is 0 Å². The molecule has 0 aromatic carbocycles. The lowest BCUT2D eigenvalue weighted by Crippen LogP contribution is -2.42. The molecule has 3 N–H and O–H groups in total. The number of hydrogen-bond acceptors (Lipinski definition) is 4. The topological polar surface area (TPSA) is 68.8 Å². The monoisotopic (exact) mass is 239 g/mol. The Morgan fingerprint density at radius 2 is 2.00 bits per heavy atom. The highest BCUT2D eigenvalue weighted by atomic mass is 15.3. The van der Waals surface area contributed by atoms with E-state index in [0.717, 1.165) is 25.1 Å². The van der Waals surface area contributed by atoms with Gasteiger partial charge in [0.15, 0.2) is 0 Å². The van der Waals surface area contributed by atoms with E-state index < -0.39 is 0 Å². The summed E-state index contributed by atoms with van der Waals surface area (Å²) in [4.78, 5) is 4.33. The van der Waals surface area contributed by atoms with E-state index in [1.54, 1.807) is 6.33 Å². The van der Waals surface area contributed by atoms with Crippen molar-refractivity contribution < 1.29 is 0 Å². The lowest BCUT2D eigenvalue weighted by Gasteiger charge is -2.24. The molecular weight excluding hydrogens is 214 g/mol. The van der Waals surface area contributed by atoms with E-state index in [-0.39, 0.29) is 6.04 Å². The molecule has 0 aliphatic carbocycles. The van der Waals surface area contributed by atoms with Crippen LogP contribution in [0, 0.1) is 5.92 Å². The first-order chi connectivity index (χ1) is 8.13. The Morgan fingerprint density at radius 1 is 1.35 bits per heavy atom. The minimum atomic E-state index is 0.270. The highest BCUT2D eigenvalue weighted by Gasteiger charge is 2.20. The Bertz CT molecular complexity index is 316. The van der Waals surface area contributed by atoms with E-state index in [1.807, 2.05) is 4.68 Å². The summed E-state index contributed by atoms with van der Waals surface area (Å²) in [6.07, 6.45) is 4.71. The zero-order valence-corrected chi connectivity index (χ0v) is 11.3. The predicted molar refractivity (Wildman–Crippen MR) is 69.3 cm³/mol. The number of hydrazine groups is 1. The summed E-state index contributed by atoms with van der Waals surface area (Å²) >= 11 is 0. The van der Waals surface area contributed by atoms with Gasteiger partial charge in [-0.25, -0.2) is 9.67 Å². The first-order valence-electron chi connectivity index (χ1n) is 6.48. The second kappa shape index (κ2) is 6.71. The van der Waals surface area contributed by atoms with Gasteiger partial charge in [-0.1, -0.05) is 26.7 Å². The van der Waals surface area contributed by atoms with Crippen molar-refractivity contribution in [1.29, 1.82) is 0 Å². The summed E-state index contributed by atoms with van der Waals surface area (Å²) in [5.74, 6) is 7.25. The second-order valence-electron chi connectivity index (χ2n) is 4.77. The maximum Gasteiger partial charge on any atom is 0.138 e. The number of rotatable bonds is 7. The Labute approximate surface area is 104 Å². The van der Waals surface area contributed by atoms with Gasteiger partial charge in [0, 0.05) is 18.5 Å². The van der Waals surface area contributed by atoms with Crippen molar-refractivity contribution in [2.75, 3.05) is 0 Å². The van der Waals surface area contributed by atoms with Gasteiger partial charge in [-0.15, -0.1) is 0 Å². The van der Waals surface area contributed by atoms with E-state index in [1.165, 1.54) is 0 Å². The van der Waals surface area contributed by atoms with E-state index in [0.29, 0.717) is 12.0 Å². The van der Waals surface area contributed by atoms with Gasteiger partial charge in [0.25, 0.3) is 0 Å². The van der Waals surface area contributed by atoms with Crippen LogP contribution >= 0.6 is 0 Å². The predicted octanol–water partition coefficient (Wildman–Crippen LogP) is 1.67. The summed E-state index contributed by atoms with van der Waals surface area (Å²) in [7, 11) is 0. The molecule has 1 aromatic heterocycles. The maximum atomic E-state index is 5.66. The summed E-state index contributed by atoms with van der Waals surface area (Å²) in [5.41, 5.74) is 2.93. The van der Waals surface area contributed by atoms with Crippen molar-refractivity contribution >= 4 is 0 Å². The number of nitrogens with one attached hydrogen (secondary N) is 1. The van der Waals surface area contributed by atoms with Crippen molar-refractivity contribution in [3.05, 3.63) is 12.2 Å². The molecule has 1 atom stereocenters. The Hall–Kier alpha value is -0.940. The summed E-state index contributed by atoms with van der Waals surface area (Å²) in [6.45, 7) is 8.62. The fraction of sp³-hybridized carbons (Fsp3) is 0.833. The number of hydrogen-bond donors (Lipinski definition) is 2. The molecule has 0 bridgehead atoms. The third kappa shape index (κ3) is 3.51. The van der Waals surface area contributed by atoms with Crippen LogP contribution in [0.4, 0.5) is 0 Å². The minimum Gasteiger partial charge on any atom is -0.271 e. The molecule has 0 radical (unpaired) electrons. The second-order valence-corrected chi connectivity index (χ2v) is 4.77. The van der Waals surface area contributed by atoms with Gasteiger partial charge in [0.05, 0.1) is 0 Å². The molecule has 0 saturated heterocycles. The standard InChI is InChI=1S/C12H25N5/c1-5-10(6-2)11(16-13)7-12-14-8-15-17(12)9(3)4/h8-11,16H,5-7,13H2,1-4H3. The fourth-order valence-corrected chi connectivity index (χ4v) is 2.27. The van der Waals surface area contributed by atoms with Crippen molar-refractivity contribution in [2.45, 2.75) is 59.0 Å². The van der Waals surface area contributed by atoms with Crippen LogP contribution in [-0.2, 0) is 6.42 Å². The van der Waals surface area contributed by atoms with Gasteiger partial charge >= 0.3 is 0 Å². The van der Waals surface area contributed by atoms with Crippen LogP contribution in [0.2, 0.25) is 0 Å². The molecular formula is C12H25N5. The molecule has 0 saturated carbocycles. The molecule has 0 aliphatic heterocycles. The van der Waals surface area contributed by atoms with E-state index >= 15 is 0 Å². The molecule has 1 heterocycles. The van der Waals surface area contributed by atoms with Crippen molar-refractivity contribution in [3.63, 3.8) is 0 Å². The van der Waals surface area contributed by atoms with Crippen LogP contribution < -0.4 is 11.3 Å². The number of aromatic nitrogens is 3. The molecule has 98 valence electrons. The summed E-state index contributed by atoms with van der Waals surface area (Å²) in [6, 6.07) is 0.610. The largest absolute Gasteiger partial charge is 0.271 e. The van der Waals surface area contributed by atoms with E-state index in [2.05, 4.69) is 43.2 Å². The maximum absolute atomic E-state index is 5.66. The highest BCUT2D eigenvalue weighted by Crippen LogP contribution is 2.17. The van der Waals surface area contributed by atoms with Crippen molar-refractivity contribution in [2.24, 2.45) is 11.8 Å². The van der Waals surface area contributed by atoms with E-state index in [9.17, 15) is 0 Å². The smallest absolute Gasteiger partial charge is 0.138 e. The van der Waals surface area contributed by atoms with Gasteiger partial charge in [-0.05, 0) is 19.8 Å². The molecule has 0 aliphatic rings. The average Bonchev–Trinajstić information content (AvgIpc) is 2.77. The molecule has 0 fully saturated rings. The van der Waals surface area contributed by atoms with Crippen LogP contribution in [-0.4, -0.2) is 20.8 Å². The zero-order chi connectivity index (χ0) is 12.8. The van der Waals surface area contributed by atoms with Crippen LogP contribution in [0.25, 0.3) is 0 Å². The first-order valence-corrected chi connectivity index (χ1v) is 6.48. The van der Waals surface area contributed by atoms with Crippen molar-refractivity contribution in [1.82, 2.24) is 20.2 Å². The molecule has 0 spiro atoms. The Balaban J connectivity index is 2.76. The van der Waals surface area contributed by atoms with Gasteiger partial charge in [0.1, 0.15) is 12.2 Å². The Morgan fingerprint density at radius 3 is 2.47 bits per heavy atom. The average molecular weight is 239 g/mol. The molecule has 5 heteroatoms. The highest BCUT2D eigenvalue weighted by molar-refractivity contribution is 4.92. The lowest BCUT2D eigenvalue weighted by atomic mass is 9.92. The molecule has 1 aromatic rings. The molecule has 1 unspecified atom stereocenters. The molecule has 0 amide bonds. The first kappa shape index (κ1) is 14.1. The van der Waals surface area contributed by atoms with Gasteiger partial charge in [-0.2, -0.15) is 5.10 Å². The quantitative estimate of drug-likeness (QED) is 0.561. The number of nitrogens with zero attached hydrogens (tertiary/aromatic N) is 3. The molecule has 1 rings (SSSR count). The number of nitrogens with two attached hydrogens (primary N) is 1. The third-order valence-corrected chi connectivity index (χ3v) is 3.37. The van der Waals surface area contributed by atoms with Gasteiger partial charge < -0.3 is 0 Å². The lowest BCUT2D eigenvalue weighted by molar-refractivity contribution is 0.324. The van der Waals surface area contributed by atoms with Crippen LogP contribution in [0.1, 0.15) is 52.4 Å². The molecule has 5 nitrogen and oxygen atoms in total. The summed E-state index contributed by atoms with van der Waals surface area (Å²) in [5, 5.41) is 4.25. The Kier molecular flexibility index (Phi) is 5.58. The summed E-state index contributed by atoms with van der Waals surface area (Å²) < 4.78 is 1.96. The third-order valence-electron chi connectivity index (χ3n) is 3.37. The van der Waals surface area contributed by atoms with Crippen LogP contribution in [0.5, 0.6) is 0 Å². The normalized spacial score (nSPS) is 13.6. The fourth-order valence-electron chi connectivity index (χ4n) is 2.27. The molecule has 17 heavy (non-hydrogen) atoms. The van der Waals surface area contributed by atoms with Gasteiger partial charge in [0.2, 0.25) is 0 Å². The minimum absolute atomic E-state index is 0.270. The van der Waals surface area contributed by atoms with Crippen molar-refractivity contribution in [3.8, 4) is 0 Å². The SMILES string of the molecule is CCC(CC)C(Cc1ncnn1C(C)C)NN. The van der Waals surface area contributed by atoms with Crippen LogP contribution in [0.15, 0.2) is 6.33 Å².